The van der Waals surface area contributed by atoms with Crippen LogP contribution in [0.5, 0.6) is 0 Å². The van der Waals surface area contributed by atoms with Gasteiger partial charge in [0.2, 0.25) is 5.89 Å². The smallest absolute Gasteiger partial charge is 0.240 e. The quantitative estimate of drug-likeness (QED) is 0.850. The highest BCUT2D eigenvalue weighted by Crippen LogP contribution is 2.39. The third-order valence-electron chi connectivity index (χ3n) is 2.94. The van der Waals surface area contributed by atoms with E-state index in [1.54, 1.807) is 30.6 Å². The summed E-state index contributed by atoms with van der Waals surface area (Å²) in [5.41, 5.74) is 2.33. The maximum Gasteiger partial charge on any atom is 0.240 e. The highest BCUT2D eigenvalue weighted by Gasteiger charge is 2.20. The second-order valence-electron chi connectivity index (χ2n) is 4.54. The number of hydrogen-bond donors (Lipinski definition) is 0. The Morgan fingerprint density at radius 2 is 2.29 bits per heavy atom. The number of nitrogens with zero attached hydrogens (tertiary/aromatic N) is 3. The summed E-state index contributed by atoms with van der Waals surface area (Å²) in [4.78, 5) is 9.00. The predicted molar refractivity (Wildman–Crippen MR) is 85.8 cm³/mol. The zero-order valence-electron chi connectivity index (χ0n) is 11.8. The second-order valence-corrected chi connectivity index (χ2v) is 7.09. The van der Waals surface area contributed by atoms with Crippen molar-refractivity contribution >= 4 is 33.6 Å². The minimum atomic E-state index is 0.0691. The van der Waals surface area contributed by atoms with Crippen molar-refractivity contribution < 1.29 is 9.26 Å². The summed E-state index contributed by atoms with van der Waals surface area (Å²) in [5, 5.41) is 3.95. The van der Waals surface area contributed by atoms with Gasteiger partial charge in [-0.2, -0.15) is 4.98 Å². The number of para-hydroxylation sites is 1. The lowest BCUT2D eigenvalue weighted by atomic mass is 10.2. The van der Waals surface area contributed by atoms with Crippen LogP contribution >= 0.6 is 23.5 Å². The number of thioether (sulfide) groups is 2. The molecule has 0 fully saturated rings. The molecule has 0 bridgehead atoms. The van der Waals surface area contributed by atoms with Crippen LogP contribution in [0.15, 0.2) is 33.8 Å². The first kappa shape index (κ1) is 14.6. The molecule has 0 saturated carbocycles. The Labute approximate surface area is 131 Å². The molecule has 1 aliphatic heterocycles. The van der Waals surface area contributed by atoms with Gasteiger partial charge in [0.25, 0.3) is 0 Å². The van der Waals surface area contributed by atoms with E-state index in [1.807, 2.05) is 25.1 Å². The summed E-state index contributed by atoms with van der Waals surface area (Å²) in [5.74, 6) is 2.13. The van der Waals surface area contributed by atoms with Crippen LogP contribution in [-0.4, -0.2) is 21.6 Å². The van der Waals surface area contributed by atoms with E-state index in [4.69, 9.17) is 9.26 Å². The van der Waals surface area contributed by atoms with Gasteiger partial charge in [0.05, 0.1) is 10.9 Å². The summed E-state index contributed by atoms with van der Waals surface area (Å²) in [6, 6.07) is 8.22. The maximum atomic E-state index is 5.26. The van der Waals surface area contributed by atoms with Crippen molar-refractivity contribution in [2.24, 2.45) is 4.99 Å². The van der Waals surface area contributed by atoms with E-state index >= 15 is 0 Å². The number of benzene rings is 1. The van der Waals surface area contributed by atoms with E-state index in [2.05, 4.69) is 21.2 Å². The van der Waals surface area contributed by atoms with E-state index in [1.165, 1.54) is 5.56 Å². The number of aromatic nitrogens is 2. The highest BCUT2D eigenvalue weighted by molar-refractivity contribution is 8.38. The van der Waals surface area contributed by atoms with Crippen molar-refractivity contribution in [3.8, 4) is 0 Å². The molecule has 1 aromatic carbocycles. The summed E-state index contributed by atoms with van der Waals surface area (Å²) >= 11 is 3.39. The van der Waals surface area contributed by atoms with Gasteiger partial charge in [0.1, 0.15) is 11.0 Å². The first-order valence-electron chi connectivity index (χ1n) is 6.53. The molecule has 1 atom stereocenters. The Bertz CT molecular complexity index is 657. The van der Waals surface area contributed by atoms with Gasteiger partial charge in [-0.3, -0.25) is 0 Å². The van der Waals surface area contributed by atoms with Gasteiger partial charge < -0.3 is 9.26 Å². The Morgan fingerprint density at radius 1 is 1.43 bits per heavy atom. The van der Waals surface area contributed by atoms with E-state index in [-0.39, 0.29) is 5.25 Å². The fourth-order valence-electron chi connectivity index (χ4n) is 1.89. The summed E-state index contributed by atoms with van der Waals surface area (Å²) in [6.07, 6.45) is 0. The fourth-order valence-corrected chi connectivity index (χ4v) is 4.11. The number of aliphatic imine (C=N–C) groups is 1. The van der Waals surface area contributed by atoms with Gasteiger partial charge in [0, 0.05) is 12.9 Å². The largest absolute Gasteiger partial charge is 0.377 e. The summed E-state index contributed by atoms with van der Waals surface area (Å²) in [6.45, 7) is 2.41. The molecular weight excluding hydrogens is 306 g/mol. The van der Waals surface area contributed by atoms with Crippen molar-refractivity contribution in [2.75, 3.05) is 7.11 Å². The van der Waals surface area contributed by atoms with Crippen LogP contribution in [0.25, 0.3) is 0 Å². The number of fused-ring (bicyclic) bond motifs is 1. The second kappa shape index (κ2) is 6.64. The van der Waals surface area contributed by atoms with Gasteiger partial charge in [0.15, 0.2) is 5.82 Å². The van der Waals surface area contributed by atoms with Crippen LogP contribution in [0, 0.1) is 0 Å². The molecule has 0 unspecified atom stereocenters. The van der Waals surface area contributed by atoms with Crippen molar-refractivity contribution in [3.05, 3.63) is 41.5 Å². The average molecular weight is 321 g/mol. The summed E-state index contributed by atoms with van der Waals surface area (Å²) in [7, 11) is 1.61. The Kier molecular flexibility index (Phi) is 4.62. The van der Waals surface area contributed by atoms with Crippen LogP contribution in [0.2, 0.25) is 0 Å². The molecule has 110 valence electrons. The third-order valence-corrected chi connectivity index (χ3v) is 5.22. The normalized spacial score (nSPS) is 15.4. The molecule has 0 amide bonds. The molecule has 2 aromatic rings. The Balaban J connectivity index is 1.70. The molecule has 7 heteroatoms. The molecule has 0 radical (unpaired) electrons. The molecule has 0 saturated heterocycles. The van der Waals surface area contributed by atoms with Gasteiger partial charge in [-0.1, -0.05) is 46.9 Å². The van der Waals surface area contributed by atoms with Crippen molar-refractivity contribution in [1.29, 1.82) is 0 Å². The Morgan fingerprint density at radius 3 is 3.14 bits per heavy atom. The van der Waals surface area contributed by atoms with Crippen LogP contribution in [-0.2, 0) is 17.1 Å². The van der Waals surface area contributed by atoms with Gasteiger partial charge in [-0.05, 0) is 18.6 Å². The average Bonchev–Trinajstić information content (AvgIpc) is 2.96. The molecule has 0 N–H and O–H groups in total. The molecular formula is C14H15N3O2S2. The zero-order valence-corrected chi connectivity index (χ0v) is 13.4. The fraction of sp³-hybridized carbons (Fsp3) is 0.357. The monoisotopic (exact) mass is 321 g/mol. The first-order valence-corrected chi connectivity index (χ1v) is 8.40. The van der Waals surface area contributed by atoms with Crippen LogP contribution < -0.4 is 0 Å². The predicted octanol–water partition coefficient (Wildman–Crippen LogP) is 3.94. The SMILES string of the molecule is COCc1noc([C@@H](C)SC2=Nc3ccccc3CS2)n1. The topological polar surface area (TPSA) is 60.5 Å². The number of methoxy groups -OCH3 is 1. The molecule has 1 aromatic heterocycles. The molecule has 0 spiro atoms. The lowest BCUT2D eigenvalue weighted by molar-refractivity contribution is 0.174. The minimum absolute atomic E-state index is 0.0691. The van der Waals surface area contributed by atoms with E-state index in [9.17, 15) is 0 Å². The lowest BCUT2D eigenvalue weighted by Gasteiger charge is -2.15. The Hall–Kier alpha value is -1.31. The number of ether oxygens (including phenoxy) is 1. The van der Waals surface area contributed by atoms with Crippen LogP contribution in [0.4, 0.5) is 5.69 Å². The highest BCUT2D eigenvalue weighted by atomic mass is 32.2. The van der Waals surface area contributed by atoms with Gasteiger partial charge in [-0.15, -0.1) is 0 Å². The number of rotatable bonds is 4. The van der Waals surface area contributed by atoms with E-state index < -0.39 is 0 Å². The van der Waals surface area contributed by atoms with Crippen molar-refractivity contribution in [2.45, 2.75) is 24.5 Å². The van der Waals surface area contributed by atoms with Crippen molar-refractivity contribution in [3.63, 3.8) is 0 Å². The zero-order chi connectivity index (χ0) is 14.7. The number of hydrogen-bond acceptors (Lipinski definition) is 7. The summed E-state index contributed by atoms with van der Waals surface area (Å²) < 4.78 is 11.3. The van der Waals surface area contributed by atoms with Crippen LogP contribution in [0.3, 0.4) is 0 Å². The lowest BCUT2D eigenvalue weighted by Crippen LogP contribution is -1.99. The van der Waals surface area contributed by atoms with E-state index in [0.717, 1.165) is 15.8 Å². The molecule has 1 aliphatic rings. The van der Waals surface area contributed by atoms with Gasteiger partial charge >= 0.3 is 0 Å². The van der Waals surface area contributed by atoms with Gasteiger partial charge in [-0.25, -0.2) is 4.99 Å². The third kappa shape index (κ3) is 3.48. The van der Waals surface area contributed by atoms with Crippen LogP contribution in [0.1, 0.15) is 29.5 Å². The standard InChI is InChI=1S/C14H15N3O2S2/c1-9(13-16-12(7-18-2)17-19-13)21-14-15-11-6-4-3-5-10(11)8-20-14/h3-6,9H,7-8H2,1-2H3/t9-/m1/s1. The molecule has 5 nitrogen and oxygen atoms in total. The maximum absolute atomic E-state index is 5.26. The molecule has 21 heavy (non-hydrogen) atoms. The minimum Gasteiger partial charge on any atom is -0.377 e. The molecule has 2 heterocycles. The molecule has 3 rings (SSSR count). The molecule has 0 aliphatic carbocycles. The van der Waals surface area contributed by atoms with Crippen molar-refractivity contribution in [1.82, 2.24) is 10.1 Å². The van der Waals surface area contributed by atoms with E-state index in [0.29, 0.717) is 18.3 Å². The first-order chi connectivity index (χ1) is 10.3.